The molecule has 5 heteroatoms. The topological polar surface area (TPSA) is 53.1 Å². The molecule has 2 N–H and O–H groups in total. The first-order valence-electron chi connectivity index (χ1n) is 4.93. The number of rotatable bonds is 4. The molecule has 0 aliphatic rings. The Morgan fingerprint density at radius 3 is 2.60 bits per heavy atom. The number of aromatic nitrogens is 2. The van der Waals surface area contributed by atoms with Crippen LogP contribution in [0.3, 0.4) is 0 Å². The van der Waals surface area contributed by atoms with E-state index in [1.165, 1.54) is 0 Å². The third kappa shape index (κ3) is 2.71. The Balaban J connectivity index is 2.80. The molecule has 1 rings (SSSR count). The molecular formula is C10H18ClN3O. The fraction of sp³-hybridized carbons (Fsp3) is 0.700. The van der Waals surface area contributed by atoms with Gasteiger partial charge < -0.3 is 10.5 Å². The third-order valence-corrected chi connectivity index (χ3v) is 3.16. The van der Waals surface area contributed by atoms with Gasteiger partial charge in [0.25, 0.3) is 0 Å². The highest BCUT2D eigenvalue weighted by molar-refractivity contribution is 6.31. The van der Waals surface area contributed by atoms with Gasteiger partial charge in [-0.25, -0.2) is 0 Å². The highest BCUT2D eigenvalue weighted by atomic mass is 35.5. The average Bonchev–Trinajstić information content (AvgIpc) is 2.43. The Morgan fingerprint density at radius 2 is 2.20 bits per heavy atom. The summed E-state index contributed by atoms with van der Waals surface area (Å²) in [6.45, 7) is 3.83. The molecule has 0 bridgehead atoms. The largest absolute Gasteiger partial charge is 0.380 e. The summed E-state index contributed by atoms with van der Waals surface area (Å²) in [5.41, 5.74) is 7.78. The molecule has 86 valence electrons. The predicted octanol–water partition coefficient (Wildman–Crippen LogP) is 1.29. The van der Waals surface area contributed by atoms with E-state index in [0.717, 1.165) is 11.4 Å². The van der Waals surface area contributed by atoms with Crippen molar-refractivity contribution >= 4 is 11.6 Å². The Morgan fingerprint density at radius 1 is 1.60 bits per heavy atom. The van der Waals surface area contributed by atoms with Crippen LogP contribution in [0.15, 0.2) is 0 Å². The summed E-state index contributed by atoms with van der Waals surface area (Å²) < 4.78 is 6.95. The fourth-order valence-corrected chi connectivity index (χ4v) is 1.70. The van der Waals surface area contributed by atoms with Crippen LogP contribution in [0, 0.1) is 6.92 Å². The van der Waals surface area contributed by atoms with Crippen molar-refractivity contribution in [3.63, 3.8) is 0 Å². The first kappa shape index (κ1) is 12.5. The molecule has 0 spiro atoms. The Labute approximate surface area is 95.3 Å². The summed E-state index contributed by atoms with van der Waals surface area (Å²) in [5, 5.41) is 4.94. The molecule has 1 heterocycles. The van der Waals surface area contributed by atoms with Crippen molar-refractivity contribution in [2.24, 2.45) is 12.8 Å². The number of aryl methyl sites for hydroxylation is 2. The molecule has 0 amide bonds. The van der Waals surface area contributed by atoms with Gasteiger partial charge in [-0.1, -0.05) is 11.6 Å². The molecule has 0 aliphatic carbocycles. The molecule has 0 aromatic carbocycles. The van der Waals surface area contributed by atoms with E-state index in [1.807, 2.05) is 20.9 Å². The minimum Gasteiger partial charge on any atom is -0.380 e. The van der Waals surface area contributed by atoms with Crippen LogP contribution in [-0.4, -0.2) is 29.0 Å². The second kappa shape index (κ2) is 4.96. The van der Waals surface area contributed by atoms with E-state index in [2.05, 4.69) is 5.10 Å². The first-order valence-corrected chi connectivity index (χ1v) is 5.31. The summed E-state index contributed by atoms with van der Waals surface area (Å²) in [4.78, 5) is 0. The quantitative estimate of drug-likeness (QED) is 0.850. The predicted molar refractivity (Wildman–Crippen MR) is 61.1 cm³/mol. The summed E-state index contributed by atoms with van der Waals surface area (Å²) in [5.74, 6) is 0. The van der Waals surface area contributed by atoms with Crippen LogP contribution in [-0.2, 0) is 18.2 Å². The number of nitrogens with zero attached hydrogens (tertiary/aromatic N) is 2. The fourth-order valence-electron chi connectivity index (χ4n) is 1.47. The minimum atomic E-state index is -0.0673. The lowest BCUT2D eigenvalue weighted by Crippen LogP contribution is -2.36. The van der Waals surface area contributed by atoms with Crippen LogP contribution in [0.25, 0.3) is 0 Å². The highest BCUT2D eigenvalue weighted by Gasteiger charge is 2.18. The van der Waals surface area contributed by atoms with Gasteiger partial charge in [-0.2, -0.15) is 5.10 Å². The van der Waals surface area contributed by atoms with Crippen LogP contribution < -0.4 is 5.73 Å². The van der Waals surface area contributed by atoms with Gasteiger partial charge in [-0.05, 0) is 13.8 Å². The van der Waals surface area contributed by atoms with Gasteiger partial charge in [0.15, 0.2) is 0 Å². The zero-order chi connectivity index (χ0) is 11.6. The van der Waals surface area contributed by atoms with E-state index in [1.54, 1.807) is 11.8 Å². The van der Waals surface area contributed by atoms with Gasteiger partial charge in [0.2, 0.25) is 0 Å². The van der Waals surface area contributed by atoms with E-state index < -0.39 is 0 Å². The maximum atomic E-state index is 6.13. The van der Waals surface area contributed by atoms with Crippen LogP contribution in [0.2, 0.25) is 5.02 Å². The number of hydrogen-bond acceptors (Lipinski definition) is 3. The van der Waals surface area contributed by atoms with E-state index >= 15 is 0 Å². The van der Waals surface area contributed by atoms with E-state index in [0.29, 0.717) is 11.4 Å². The summed E-state index contributed by atoms with van der Waals surface area (Å²) in [6.07, 6.45) is 0.682. The second-order valence-electron chi connectivity index (χ2n) is 3.78. The third-order valence-electron chi connectivity index (χ3n) is 2.67. The van der Waals surface area contributed by atoms with Gasteiger partial charge in [0, 0.05) is 26.6 Å². The van der Waals surface area contributed by atoms with Gasteiger partial charge in [-0.15, -0.1) is 0 Å². The monoisotopic (exact) mass is 231 g/mol. The Bertz CT molecular complexity index is 338. The number of nitrogens with two attached hydrogens (primary N) is 1. The molecule has 15 heavy (non-hydrogen) atoms. The molecular weight excluding hydrogens is 214 g/mol. The molecule has 0 aliphatic heterocycles. The van der Waals surface area contributed by atoms with Crippen molar-refractivity contribution < 1.29 is 4.74 Å². The van der Waals surface area contributed by atoms with Gasteiger partial charge in [0.1, 0.15) is 0 Å². The molecule has 2 atom stereocenters. The van der Waals surface area contributed by atoms with Crippen molar-refractivity contribution in [2.45, 2.75) is 32.4 Å². The smallest absolute Gasteiger partial charge is 0.0847 e. The lowest BCUT2D eigenvalue weighted by Gasteiger charge is -2.18. The van der Waals surface area contributed by atoms with E-state index in [4.69, 9.17) is 22.1 Å². The minimum absolute atomic E-state index is 0.0104. The van der Waals surface area contributed by atoms with Crippen molar-refractivity contribution in [3.05, 3.63) is 16.4 Å². The number of hydrogen-bond donors (Lipinski definition) is 1. The zero-order valence-corrected chi connectivity index (χ0v) is 10.4. The number of ether oxygens (including phenoxy) is 1. The maximum Gasteiger partial charge on any atom is 0.0847 e. The number of halogens is 1. The van der Waals surface area contributed by atoms with Crippen LogP contribution >= 0.6 is 11.6 Å². The maximum absolute atomic E-state index is 6.13. The SMILES string of the molecule is COC(C)C(N)Cc1c(Cl)c(C)nn1C. The van der Waals surface area contributed by atoms with Crippen molar-refractivity contribution in [2.75, 3.05) is 7.11 Å². The van der Waals surface area contributed by atoms with Crippen molar-refractivity contribution in [1.82, 2.24) is 9.78 Å². The van der Waals surface area contributed by atoms with Crippen molar-refractivity contribution in [1.29, 1.82) is 0 Å². The summed E-state index contributed by atoms with van der Waals surface area (Å²) in [7, 11) is 3.53. The average molecular weight is 232 g/mol. The van der Waals surface area contributed by atoms with Crippen molar-refractivity contribution in [3.8, 4) is 0 Å². The van der Waals surface area contributed by atoms with Crippen LogP contribution in [0.5, 0.6) is 0 Å². The molecule has 1 aromatic rings. The molecule has 0 fully saturated rings. The molecule has 0 radical (unpaired) electrons. The zero-order valence-electron chi connectivity index (χ0n) is 9.62. The molecule has 0 saturated carbocycles. The Hall–Kier alpha value is -0.580. The second-order valence-corrected chi connectivity index (χ2v) is 4.16. The first-order chi connectivity index (χ1) is 6.97. The Kier molecular flexibility index (Phi) is 4.13. The number of methoxy groups -OCH3 is 1. The van der Waals surface area contributed by atoms with E-state index in [-0.39, 0.29) is 12.1 Å². The van der Waals surface area contributed by atoms with Gasteiger partial charge >= 0.3 is 0 Å². The standard InChI is InChI=1S/C10H18ClN3O/c1-6-10(11)9(14(3)13-6)5-8(12)7(2)15-4/h7-8H,5,12H2,1-4H3. The molecule has 2 unspecified atom stereocenters. The highest BCUT2D eigenvalue weighted by Crippen LogP contribution is 2.21. The van der Waals surface area contributed by atoms with E-state index in [9.17, 15) is 0 Å². The van der Waals surface area contributed by atoms with Crippen LogP contribution in [0.4, 0.5) is 0 Å². The summed E-state index contributed by atoms with van der Waals surface area (Å²) in [6, 6.07) is -0.0673. The van der Waals surface area contributed by atoms with Crippen LogP contribution in [0.1, 0.15) is 18.3 Å². The van der Waals surface area contributed by atoms with Gasteiger partial charge in [-0.3, -0.25) is 4.68 Å². The van der Waals surface area contributed by atoms with Gasteiger partial charge in [0.05, 0.1) is 22.5 Å². The molecule has 1 aromatic heterocycles. The summed E-state index contributed by atoms with van der Waals surface area (Å²) >= 11 is 6.13. The molecule has 4 nitrogen and oxygen atoms in total. The normalized spacial score (nSPS) is 15.3. The lowest BCUT2D eigenvalue weighted by atomic mass is 10.1. The molecule has 0 saturated heterocycles. The lowest BCUT2D eigenvalue weighted by molar-refractivity contribution is 0.0950.